The summed E-state index contributed by atoms with van der Waals surface area (Å²) in [6, 6.07) is 10.2. The molecule has 1 aromatic heterocycles. The van der Waals surface area contributed by atoms with Gasteiger partial charge in [0.25, 0.3) is 5.91 Å². The second-order valence-electron chi connectivity index (χ2n) is 10.2. The fourth-order valence-electron chi connectivity index (χ4n) is 4.48. The number of alkyl halides is 3. The fourth-order valence-corrected chi connectivity index (χ4v) is 5.81. The molecule has 3 aromatic rings. The highest BCUT2D eigenvalue weighted by molar-refractivity contribution is 7.06. The van der Waals surface area contributed by atoms with E-state index in [0.29, 0.717) is 40.3 Å². The molecule has 2 aromatic carbocycles. The molecule has 15 heteroatoms. The van der Waals surface area contributed by atoms with Crippen LogP contribution in [0, 0.1) is 6.92 Å². The Kier molecular flexibility index (Phi) is 11.8. The zero-order valence-electron chi connectivity index (χ0n) is 24.2. The quantitative estimate of drug-likeness (QED) is 0.262. The highest BCUT2D eigenvalue weighted by Gasteiger charge is 2.28. The molecule has 0 atom stereocenters. The number of amides is 2. The van der Waals surface area contributed by atoms with Crippen molar-refractivity contribution in [3.63, 3.8) is 0 Å². The maximum absolute atomic E-state index is 13.2. The fraction of sp³-hybridized carbons (Fsp3) is 0.333. The van der Waals surface area contributed by atoms with Gasteiger partial charge in [-0.15, -0.1) is 0 Å². The number of aromatic nitrogens is 1. The zero-order chi connectivity index (χ0) is 32.6. The number of aliphatic imine (C=N–C) groups is 1. The third-order valence-corrected chi connectivity index (χ3v) is 8.04. The van der Waals surface area contributed by atoms with E-state index in [1.807, 2.05) is 12.2 Å². The van der Waals surface area contributed by atoms with Crippen molar-refractivity contribution in [2.24, 2.45) is 10.7 Å². The van der Waals surface area contributed by atoms with Gasteiger partial charge in [-0.2, -0.15) is 17.5 Å². The lowest BCUT2D eigenvalue weighted by atomic mass is 10.1. The van der Waals surface area contributed by atoms with Gasteiger partial charge in [0.15, 0.2) is 5.96 Å². The highest BCUT2D eigenvalue weighted by atomic mass is 35.5. The molecule has 0 unspecified atom stereocenters. The van der Waals surface area contributed by atoms with Crippen LogP contribution in [0.1, 0.15) is 40.1 Å². The van der Waals surface area contributed by atoms with Crippen molar-refractivity contribution in [3.8, 4) is 17.0 Å². The van der Waals surface area contributed by atoms with Crippen LogP contribution in [0.15, 0.2) is 53.5 Å². The molecule has 5 heterocycles. The first-order valence-corrected chi connectivity index (χ1v) is 15.4. The summed E-state index contributed by atoms with van der Waals surface area (Å²) >= 11 is 14.0. The largest absolute Gasteiger partial charge is 0.490 e. The van der Waals surface area contributed by atoms with Crippen LogP contribution < -0.4 is 21.1 Å². The van der Waals surface area contributed by atoms with Crippen LogP contribution in [0.3, 0.4) is 0 Å². The minimum Gasteiger partial charge on any atom is -0.490 e. The number of hydrogen-bond donors (Lipinski definition) is 3. The predicted octanol–water partition coefficient (Wildman–Crippen LogP) is 6.59. The molecule has 0 saturated carbocycles. The number of anilines is 1. The number of halogens is 5. The highest BCUT2D eigenvalue weighted by Crippen LogP contribution is 2.33. The molecule has 4 aliphatic heterocycles. The van der Waals surface area contributed by atoms with Gasteiger partial charge in [-0.3, -0.25) is 19.8 Å². The van der Waals surface area contributed by atoms with E-state index in [2.05, 4.69) is 20.0 Å². The summed E-state index contributed by atoms with van der Waals surface area (Å²) < 4.78 is 49.1. The van der Waals surface area contributed by atoms with E-state index in [1.54, 1.807) is 31.2 Å². The summed E-state index contributed by atoms with van der Waals surface area (Å²) in [6.07, 6.45) is -0.616. The second kappa shape index (κ2) is 15.6. The number of nitrogens with one attached hydrogen (secondary N) is 2. The summed E-state index contributed by atoms with van der Waals surface area (Å²) in [5.41, 5.74) is 8.27. The van der Waals surface area contributed by atoms with Crippen LogP contribution in [-0.4, -0.2) is 59.5 Å². The summed E-state index contributed by atoms with van der Waals surface area (Å²) in [4.78, 5) is 32.3. The van der Waals surface area contributed by atoms with Gasteiger partial charge in [0, 0.05) is 17.0 Å². The van der Waals surface area contributed by atoms with Crippen molar-refractivity contribution < 1.29 is 27.5 Å². The lowest BCUT2D eigenvalue weighted by Crippen LogP contribution is -2.37. The standard InChI is InChI=1S/C30H31Cl2F3N6O3S/c1-18-25-26(40-45-18)20-6-8-21(9-7-20)44-13-5-3-2-4-11-41(12-10-30(33,34)35)17-24(42)38-27-22(31)14-19(15-23(27)32)16-37-29(36)39-28(25)43/h3,5-9,14-15H,2,4,10-13,16-17H2,1H3,(H,38,42)(H3,36,37,39,43)/b5-3-. The first-order chi connectivity index (χ1) is 21.4. The lowest BCUT2D eigenvalue weighted by molar-refractivity contribution is -0.139. The van der Waals surface area contributed by atoms with Gasteiger partial charge in [-0.05, 0) is 79.8 Å². The number of carbonyl (C=O) groups excluding carboxylic acids is 2. The third kappa shape index (κ3) is 10.2. The second-order valence-corrected chi connectivity index (χ2v) is 12.0. The van der Waals surface area contributed by atoms with Crippen molar-refractivity contribution in [2.75, 3.05) is 31.6 Å². The molecule has 0 radical (unpaired) electrons. The van der Waals surface area contributed by atoms with Crippen molar-refractivity contribution >= 4 is 58.2 Å². The Morgan fingerprint density at radius 3 is 2.49 bits per heavy atom. The number of ether oxygens (including phenoxy) is 1. The van der Waals surface area contributed by atoms with E-state index in [1.165, 1.54) is 28.6 Å². The van der Waals surface area contributed by atoms with Crippen molar-refractivity contribution in [1.29, 1.82) is 0 Å². The maximum atomic E-state index is 13.2. The number of allylic oxidation sites excluding steroid dienone is 1. The Labute approximate surface area is 272 Å². The molecule has 4 N–H and O–H groups in total. The van der Waals surface area contributed by atoms with Crippen LogP contribution in [-0.2, 0) is 11.3 Å². The normalized spacial score (nSPS) is 16.8. The van der Waals surface area contributed by atoms with Crippen LogP contribution in [0.25, 0.3) is 11.3 Å². The Morgan fingerprint density at radius 2 is 1.80 bits per heavy atom. The molecular weight excluding hydrogens is 652 g/mol. The number of rotatable bonds is 2. The van der Waals surface area contributed by atoms with Gasteiger partial charge in [-0.1, -0.05) is 35.4 Å². The Bertz CT molecular complexity index is 1550. The Balaban J connectivity index is 1.58. The number of carbonyl (C=O) groups is 2. The van der Waals surface area contributed by atoms with E-state index in [4.69, 9.17) is 33.7 Å². The van der Waals surface area contributed by atoms with E-state index in [9.17, 15) is 22.8 Å². The molecule has 0 spiro atoms. The first-order valence-electron chi connectivity index (χ1n) is 13.9. The summed E-state index contributed by atoms with van der Waals surface area (Å²) in [6.45, 7) is 1.73. The van der Waals surface area contributed by atoms with Crippen molar-refractivity contribution in [1.82, 2.24) is 14.6 Å². The monoisotopic (exact) mass is 682 g/mol. The molecule has 0 saturated heterocycles. The van der Waals surface area contributed by atoms with E-state index < -0.39 is 24.4 Å². The minimum absolute atomic E-state index is 0.00857. The van der Waals surface area contributed by atoms with E-state index in [-0.39, 0.29) is 54.5 Å². The molecule has 0 fully saturated rings. The molecule has 9 nitrogen and oxygen atoms in total. The van der Waals surface area contributed by atoms with Gasteiger partial charge in [0.2, 0.25) is 5.91 Å². The molecule has 4 aliphatic rings. The van der Waals surface area contributed by atoms with E-state index >= 15 is 0 Å². The number of benzene rings is 2. The minimum atomic E-state index is -4.36. The van der Waals surface area contributed by atoms with E-state index in [0.717, 1.165) is 5.56 Å². The SMILES string of the molecule is Cc1snc2c1C(=O)NC(N)=NCc1cc(Cl)c(c(Cl)c1)NC(=O)CN(CCC(F)(F)F)CCC/C=C\COc1ccc-2cc1. The van der Waals surface area contributed by atoms with Gasteiger partial charge in [0.1, 0.15) is 12.4 Å². The molecular formula is C30H31Cl2F3N6O3S. The average Bonchev–Trinajstić information content (AvgIpc) is 3.36. The molecule has 4 bridgehead atoms. The predicted molar refractivity (Wildman–Crippen MR) is 171 cm³/mol. The number of nitrogens with two attached hydrogens (primary N) is 1. The number of nitrogens with zero attached hydrogens (tertiary/aromatic N) is 3. The van der Waals surface area contributed by atoms with Crippen LogP contribution >= 0.6 is 34.7 Å². The number of aryl methyl sites for hydroxylation is 1. The van der Waals surface area contributed by atoms with Crippen LogP contribution in [0.5, 0.6) is 5.75 Å². The lowest BCUT2D eigenvalue weighted by Gasteiger charge is -2.22. The summed E-state index contributed by atoms with van der Waals surface area (Å²) in [7, 11) is 0. The third-order valence-electron chi connectivity index (χ3n) is 6.69. The molecule has 2 amide bonds. The molecule has 7 rings (SSSR count). The Morgan fingerprint density at radius 1 is 1.09 bits per heavy atom. The molecule has 240 valence electrons. The van der Waals surface area contributed by atoms with Gasteiger partial charge in [-0.25, -0.2) is 4.99 Å². The summed E-state index contributed by atoms with van der Waals surface area (Å²) in [5, 5.41) is 5.41. The van der Waals surface area contributed by atoms with Gasteiger partial charge < -0.3 is 15.8 Å². The average molecular weight is 684 g/mol. The van der Waals surface area contributed by atoms with Crippen molar-refractivity contribution in [3.05, 3.63) is 74.6 Å². The maximum Gasteiger partial charge on any atom is 0.390 e. The number of guanidine groups is 1. The van der Waals surface area contributed by atoms with Gasteiger partial charge in [0.05, 0.1) is 46.5 Å². The topological polar surface area (TPSA) is 122 Å². The zero-order valence-corrected chi connectivity index (χ0v) is 26.5. The molecule has 45 heavy (non-hydrogen) atoms. The van der Waals surface area contributed by atoms with Crippen molar-refractivity contribution in [2.45, 2.75) is 38.9 Å². The van der Waals surface area contributed by atoms with Crippen LogP contribution in [0.4, 0.5) is 18.9 Å². The number of hydrogen-bond acceptors (Lipinski definition) is 8. The van der Waals surface area contributed by atoms with Crippen LogP contribution in [0.2, 0.25) is 10.0 Å². The summed E-state index contributed by atoms with van der Waals surface area (Å²) in [5.74, 6) is -0.564. The molecule has 0 aliphatic carbocycles. The van der Waals surface area contributed by atoms with Gasteiger partial charge >= 0.3 is 6.18 Å². The smallest absolute Gasteiger partial charge is 0.390 e. The first kappa shape index (κ1) is 34.2. The Hall–Kier alpha value is -3.65.